The topological polar surface area (TPSA) is 64.7 Å². The van der Waals surface area contributed by atoms with Gasteiger partial charge in [0.2, 0.25) is 11.8 Å². The zero-order valence-electron chi connectivity index (χ0n) is 16.9. The highest BCUT2D eigenvalue weighted by molar-refractivity contribution is 5.96. The number of amides is 2. The number of likely N-dealkylation sites (N-methyl/N-ethyl adjacent to an activating group) is 1. The van der Waals surface area contributed by atoms with Crippen LogP contribution in [0.15, 0.2) is 48.5 Å². The molecule has 0 bridgehead atoms. The van der Waals surface area contributed by atoms with Gasteiger partial charge in [0, 0.05) is 55.6 Å². The van der Waals surface area contributed by atoms with Crippen molar-refractivity contribution >= 4 is 28.9 Å². The van der Waals surface area contributed by atoms with E-state index in [2.05, 4.69) is 39.6 Å². The molecular weight excluding hydrogens is 364 g/mol. The lowest BCUT2D eigenvalue weighted by atomic mass is 9.89. The number of rotatable bonds is 5. The fourth-order valence-corrected chi connectivity index (χ4v) is 4.00. The van der Waals surface area contributed by atoms with Gasteiger partial charge < -0.3 is 20.4 Å². The Morgan fingerprint density at radius 1 is 1.07 bits per heavy atom. The zero-order chi connectivity index (χ0) is 20.2. The second kappa shape index (κ2) is 8.66. The number of nitrogens with one attached hydrogen (secondary N) is 2. The third kappa shape index (κ3) is 4.77. The molecule has 6 heteroatoms. The molecule has 0 spiro atoms. The van der Waals surface area contributed by atoms with Gasteiger partial charge in [-0.25, -0.2) is 0 Å². The van der Waals surface area contributed by atoms with E-state index in [-0.39, 0.29) is 17.7 Å². The van der Waals surface area contributed by atoms with E-state index in [0.29, 0.717) is 19.3 Å². The van der Waals surface area contributed by atoms with Gasteiger partial charge in [-0.05, 0) is 55.8 Å². The van der Waals surface area contributed by atoms with Gasteiger partial charge in [0.25, 0.3) is 0 Å². The number of nitrogens with zero attached hydrogens (tertiary/aromatic N) is 2. The first-order chi connectivity index (χ1) is 14.1. The number of hydrogen-bond acceptors (Lipinski definition) is 4. The number of carbonyl (C=O) groups is 2. The number of fused-ring (bicyclic) bond motifs is 1. The summed E-state index contributed by atoms with van der Waals surface area (Å²) >= 11 is 0. The Balaban J connectivity index is 1.27. The highest BCUT2D eigenvalue weighted by Crippen LogP contribution is 2.27. The summed E-state index contributed by atoms with van der Waals surface area (Å²) in [7, 11) is 2.14. The van der Waals surface area contributed by atoms with Crippen LogP contribution in [0.4, 0.5) is 17.1 Å². The molecule has 1 atom stereocenters. The molecule has 2 amide bonds. The lowest BCUT2D eigenvalue weighted by Crippen LogP contribution is -2.44. The number of para-hydroxylation sites is 1. The average Bonchev–Trinajstić information content (AvgIpc) is 2.73. The second-order valence-corrected chi connectivity index (χ2v) is 7.97. The van der Waals surface area contributed by atoms with Gasteiger partial charge in [0.1, 0.15) is 0 Å². The van der Waals surface area contributed by atoms with E-state index in [1.807, 2.05) is 36.4 Å². The summed E-state index contributed by atoms with van der Waals surface area (Å²) in [4.78, 5) is 29.4. The molecule has 2 N–H and O–H groups in total. The van der Waals surface area contributed by atoms with Crippen molar-refractivity contribution in [1.29, 1.82) is 0 Å². The molecule has 1 fully saturated rings. The minimum atomic E-state index is -0.157. The van der Waals surface area contributed by atoms with E-state index < -0.39 is 0 Å². The van der Waals surface area contributed by atoms with Crippen LogP contribution in [0.5, 0.6) is 0 Å². The molecule has 0 aromatic heterocycles. The van der Waals surface area contributed by atoms with Crippen molar-refractivity contribution in [2.24, 2.45) is 5.92 Å². The molecule has 0 radical (unpaired) electrons. The van der Waals surface area contributed by atoms with E-state index in [9.17, 15) is 9.59 Å². The molecule has 29 heavy (non-hydrogen) atoms. The Kier molecular flexibility index (Phi) is 5.81. The van der Waals surface area contributed by atoms with Crippen molar-refractivity contribution in [3.8, 4) is 0 Å². The normalized spacial score (nSPS) is 19.4. The van der Waals surface area contributed by atoms with Crippen molar-refractivity contribution in [3.63, 3.8) is 0 Å². The van der Waals surface area contributed by atoms with Crippen LogP contribution >= 0.6 is 0 Å². The van der Waals surface area contributed by atoms with Gasteiger partial charge in [0.15, 0.2) is 0 Å². The molecule has 2 aromatic carbocycles. The Bertz CT molecular complexity index is 873. The predicted octanol–water partition coefficient (Wildman–Crippen LogP) is 2.97. The van der Waals surface area contributed by atoms with E-state index in [1.54, 1.807) is 0 Å². The van der Waals surface area contributed by atoms with Crippen LogP contribution in [0.25, 0.3) is 0 Å². The molecule has 2 aliphatic rings. The number of piperazine rings is 1. The van der Waals surface area contributed by atoms with Crippen LogP contribution in [-0.2, 0) is 16.0 Å². The summed E-state index contributed by atoms with van der Waals surface area (Å²) in [5, 5.41) is 5.90. The monoisotopic (exact) mass is 392 g/mol. The summed E-state index contributed by atoms with van der Waals surface area (Å²) in [5.41, 5.74) is 4.01. The average molecular weight is 393 g/mol. The molecule has 2 heterocycles. The maximum atomic E-state index is 12.4. The molecule has 1 saturated heterocycles. The Hall–Kier alpha value is -2.86. The summed E-state index contributed by atoms with van der Waals surface area (Å²) in [6.45, 7) is 4.18. The molecular formula is C23H28N4O2. The van der Waals surface area contributed by atoms with Crippen molar-refractivity contribution in [2.75, 3.05) is 48.8 Å². The first-order valence-electron chi connectivity index (χ1n) is 10.3. The smallest absolute Gasteiger partial charge is 0.227 e. The number of hydrogen-bond donors (Lipinski definition) is 2. The zero-order valence-corrected chi connectivity index (χ0v) is 16.9. The van der Waals surface area contributed by atoms with Crippen LogP contribution in [0.1, 0.15) is 18.4 Å². The third-order valence-corrected chi connectivity index (χ3v) is 5.85. The summed E-state index contributed by atoms with van der Waals surface area (Å²) in [5.74, 6) is -0.202. The van der Waals surface area contributed by atoms with Gasteiger partial charge in [-0.2, -0.15) is 0 Å². The Labute approximate surface area is 171 Å². The largest absolute Gasteiger partial charge is 0.369 e. The van der Waals surface area contributed by atoms with Crippen LogP contribution in [-0.4, -0.2) is 49.9 Å². The molecule has 0 aliphatic carbocycles. The molecule has 2 aromatic rings. The number of carbonyl (C=O) groups excluding carboxylic acids is 2. The minimum Gasteiger partial charge on any atom is -0.369 e. The van der Waals surface area contributed by atoms with Crippen molar-refractivity contribution in [3.05, 3.63) is 54.1 Å². The lowest BCUT2D eigenvalue weighted by Gasteiger charge is -2.34. The lowest BCUT2D eigenvalue weighted by molar-refractivity contribution is -0.121. The maximum Gasteiger partial charge on any atom is 0.227 e. The summed E-state index contributed by atoms with van der Waals surface area (Å²) in [6.07, 6.45) is 1.57. The van der Waals surface area contributed by atoms with Gasteiger partial charge in [-0.15, -0.1) is 0 Å². The molecule has 2 aliphatic heterocycles. The van der Waals surface area contributed by atoms with E-state index in [1.165, 1.54) is 5.69 Å². The summed E-state index contributed by atoms with van der Waals surface area (Å²) in [6, 6.07) is 15.9. The standard InChI is InChI=1S/C23H28N4O2/c1-26-12-14-27(15-13-26)20-9-7-19(8-10-20)24-22(28)11-6-18-16-17-4-2-3-5-21(17)25-23(18)29/h2-5,7-10,18H,6,11-16H2,1H3,(H,24,28)(H,25,29). The number of benzene rings is 2. The molecule has 6 nitrogen and oxygen atoms in total. The van der Waals surface area contributed by atoms with E-state index in [0.717, 1.165) is 43.1 Å². The van der Waals surface area contributed by atoms with Crippen molar-refractivity contribution in [2.45, 2.75) is 19.3 Å². The molecule has 152 valence electrons. The Morgan fingerprint density at radius 3 is 2.55 bits per heavy atom. The molecule has 1 unspecified atom stereocenters. The van der Waals surface area contributed by atoms with Crippen LogP contribution in [0.3, 0.4) is 0 Å². The van der Waals surface area contributed by atoms with Gasteiger partial charge in [-0.3, -0.25) is 9.59 Å². The van der Waals surface area contributed by atoms with Gasteiger partial charge in [0.05, 0.1) is 0 Å². The van der Waals surface area contributed by atoms with E-state index >= 15 is 0 Å². The highest BCUT2D eigenvalue weighted by Gasteiger charge is 2.26. The minimum absolute atomic E-state index is 0.00743. The van der Waals surface area contributed by atoms with Crippen LogP contribution < -0.4 is 15.5 Å². The highest BCUT2D eigenvalue weighted by atomic mass is 16.2. The van der Waals surface area contributed by atoms with E-state index in [4.69, 9.17) is 0 Å². The third-order valence-electron chi connectivity index (χ3n) is 5.85. The fraction of sp³-hybridized carbons (Fsp3) is 0.391. The van der Waals surface area contributed by atoms with Gasteiger partial charge >= 0.3 is 0 Å². The summed E-state index contributed by atoms with van der Waals surface area (Å²) < 4.78 is 0. The SMILES string of the molecule is CN1CCN(c2ccc(NC(=O)CCC3Cc4ccccc4NC3=O)cc2)CC1. The Morgan fingerprint density at radius 2 is 1.79 bits per heavy atom. The van der Waals surface area contributed by atoms with Gasteiger partial charge in [-0.1, -0.05) is 18.2 Å². The van der Waals surface area contributed by atoms with Crippen molar-refractivity contribution < 1.29 is 9.59 Å². The maximum absolute atomic E-state index is 12.4. The molecule has 4 rings (SSSR count). The fourth-order valence-electron chi connectivity index (χ4n) is 4.00. The second-order valence-electron chi connectivity index (χ2n) is 7.97. The predicted molar refractivity (Wildman–Crippen MR) is 116 cm³/mol. The first-order valence-corrected chi connectivity index (χ1v) is 10.3. The number of anilines is 3. The first kappa shape index (κ1) is 19.5. The quantitative estimate of drug-likeness (QED) is 0.821. The molecule has 0 saturated carbocycles. The van der Waals surface area contributed by atoms with Crippen molar-refractivity contribution in [1.82, 2.24) is 4.90 Å². The van der Waals surface area contributed by atoms with Crippen LogP contribution in [0, 0.1) is 5.92 Å². The van der Waals surface area contributed by atoms with Crippen LogP contribution in [0.2, 0.25) is 0 Å².